The Balaban J connectivity index is 1.26. The lowest BCUT2D eigenvalue weighted by Gasteiger charge is -2.39. The number of ether oxygens (including phenoxy) is 1. The second kappa shape index (κ2) is 8.22. The van der Waals surface area contributed by atoms with Crippen molar-refractivity contribution in [2.24, 2.45) is 11.8 Å². The lowest BCUT2D eigenvalue weighted by atomic mass is 9.76. The molecule has 30 heavy (non-hydrogen) atoms. The van der Waals surface area contributed by atoms with Crippen LogP contribution in [0.2, 0.25) is 5.02 Å². The molecule has 3 fully saturated rings. The van der Waals surface area contributed by atoms with Gasteiger partial charge in [0.25, 0.3) is 5.91 Å². The van der Waals surface area contributed by atoms with Crippen LogP contribution in [0, 0.1) is 23.5 Å². The van der Waals surface area contributed by atoms with Crippen molar-refractivity contribution < 1.29 is 23.1 Å². The van der Waals surface area contributed by atoms with E-state index < -0.39 is 11.4 Å². The van der Waals surface area contributed by atoms with Gasteiger partial charge >= 0.3 is 0 Å². The zero-order valence-electron chi connectivity index (χ0n) is 16.1. The van der Waals surface area contributed by atoms with Gasteiger partial charge < -0.3 is 15.4 Å². The highest BCUT2D eigenvalue weighted by Crippen LogP contribution is 2.55. The average molecular weight is 435 g/mol. The number of amides is 2. The number of benzene rings is 2. The molecule has 0 heterocycles. The van der Waals surface area contributed by atoms with Crippen LogP contribution in [0.1, 0.15) is 24.8 Å². The highest BCUT2D eigenvalue weighted by molar-refractivity contribution is 6.30. The monoisotopic (exact) mass is 434 g/mol. The van der Waals surface area contributed by atoms with Crippen molar-refractivity contribution in [2.45, 2.75) is 31.3 Å². The zero-order valence-corrected chi connectivity index (χ0v) is 16.8. The van der Waals surface area contributed by atoms with E-state index in [0.717, 1.165) is 18.9 Å². The van der Waals surface area contributed by atoms with Crippen molar-refractivity contribution in [1.82, 2.24) is 10.6 Å². The number of hydrogen-bond donors (Lipinski definition) is 2. The van der Waals surface area contributed by atoms with Crippen molar-refractivity contribution in [1.29, 1.82) is 0 Å². The lowest BCUT2D eigenvalue weighted by molar-refractivity contribution is -0.126. The van der Waals surface area contributed by atoms with Crippen LogP contribution in [-0.2, 0) is 16.1 Å². The molecule has 5 rings (SSSR count). The first-order valence-electron chi connectivity index (χ1n) is 9.75. The first kappa shape index (κ1) is 20.6. The van der Waals surface area contributed by atoms with Gasteiger partial charge in [-0.3, -0.25) is 9.59 Å². The molecule has 3 aliphatic rings. The maximum absolute atomic E-state index is 13.7. The maximum atomic E-state index is 13.7. The summed E-state index contributed by atoms with van der Waals surface area (Å²) < 4.78 is 32.5. The average Bonchev–Trinajstić information content (AvgIpc) is 3.23. The van der Waals surface area contributed by atoms with E-state index >= 15 is 0 Å². The van der Waals surface area contributed by atoms with Crippen LogP contribution < -0.4 is 15.4 Å². The molecule has 3 saturated carbocycles. The van der Waals surface area contributed by atoms with Crippen LogP contribution in [-0.4, -0.2) is 24.0 Å². The Morgan fingerprint density at radius 2 is 1.87 bits per heavy atom. The Hall–Kier alpha value is -2.67. The summed E-state index contributed by atoms with van der Waals surface area (Å²) in [7, 11) is 0. The molecular weight excluding hydrogens is 414 g/mol. The summed E-state index contributed by atoms with van der Waals surface area (Å²) in [5.41, 5.74) is 0.0334. The molecule has 0 saturated heterocycles. The highest BCUT2D eigenvalue weighted by Gasteiger charge is 2.58. The predicted octanol–water partition coefficient (Wildman–Crippen LogP) is 3.60. The minimum atomic E-state index is -0.616. The molecule has 5 nitrogen and oxygen atoms in total. The maximum Gasteiger partial charge on any atom is 0.258 e. The summed E-state index contributed by atoms with van der Waals surface area (Å²) in [5.74, 6) is -1.19. The second-order valence-corrected chi connectivity index (χ2v) is 8.39. The van der Waals surface area contributed by atoms with Crippen LogP contribution in [0.3, 0.4) is 0 Å². The van der Waals surface area contributed by atoms with Crippen molar-refractivity contribution in [3.05, 3.63) is 64.7 Å². The minimum absolute atomic E-state index is 0.0172. The van der Waals surface area contributed by atoms with E-state index in [2.05, 4.69) is 10.6 Å². The van der Waals surface area contributed by atoms with Gasteiger partial charge in [-0.2, -0.15) is 0 Å². The van der Waals surface area contributed by atoms with Gasteiger partial charge in [0.1, 0.15) is 17.4 Å². The van der Waals surface area contributed by atoms with E-state index in [0.29, 0.717) is 12.0 Å². The third-order valence-corrected chi connectivity index (χ3v) is 6.21. The lowest BCUT2D eigenvalue weighted by Crippen LogP contribution is -2.53. The molecule has 158 valence electrons. The van der Waals surface area contributed by atoms with Gasteiger partial charge in [-0.25, -0.2) is 8.78 Å². The molecule has 3 aliphatic carbocycles. The molecule has 2 amide bonds. The summed E-state index contributed by atoms with van der Waals surface area (Å²) in [6.07, 6.45) is 2.00. The Morgan fingerprint density at radius 1 is 1.10 bits per heavy atom. The van der Waals surface area contributed by atoms with E-state index in [-0.39, 0.29) is 53.4 Å². The molecule has 1 atom stereocenters. The largest absolute Gasteiger partial charge is 0.484 e. The van der Waals surface area contributed by atoms with Gasteiger partial charge in [0.2, 0.25) is 5.91 Å². The first-order valence-corrected chi connectivity index (χ1v) is 10.1. The van der Waals surface area contributed by atoms with Gasteiger partial charge in [0.15, 0.2) is 6.61 Å². The van der Waals surface area contributed by atoms with E-state index in [9.17, 15) is 18.4 Å². The summed E-state index contributed by atoms with van der Waals surface area (Å²) in [6.45, 7) is -0.114. The van der Waals surface area contributed by atoms with Crippen LogP contribution in [0.15, 0.2) is 42.5 Å². The van der Waals surface area contributed by atoms with Gasteiger partial charge in [-0.1, -0.05) is 29.8 Å². The fraction of sp³-hybridized carbons (Fsp3) is 0.364. The summed E-state index contributed by atoms with van der Waals surface area (Å²) >= 11 is 5.62. The number of carbonyl (C=O) groups excluding carboxylic acids is 2. The number of rotatable bonds is 7. The van der Waals surface area contributed by atoms with Crippen LogP contribution in [0.25, 0.3) is 0 Å². The van der Waals surface area contributed by atoms with Gasteiger partial charge in [0, 0.05) is 29.6 Å². The Kier molecular flexibility index (Phi) is 5.64. The Bertz CT molecular complexity index is 979. The standard InChI is InChI=1S/C22H21ClF2N2O3/c23-17-6-5-15(7-19(17)25)30-12-20(28)27-22-8-14(9-22)16(10-22)21(29)26-11-13-3-1-2-4-18(13)24/h1-7,14,16H,8-12H2,(H,26,29)(H,27,28)/t14?,16-,22?/m1/s1. The number of halogens is 3. The van der Waals surface area contributed by atoms with Gasteiger partial charge in [0.05, 0.1) is 5.02 Å². The number of fused-ring (bicyclic) bond motifs is 1. The number of carbonyl (C=O) groups is 2. The molecule has 2 bridgehead atoms. The van der Waals surface area contributed by atoms with E-state index in [4.69, 9.17) is 16.3 Å². The minimum Gasteiger partial charge on any atom is -0.484 e. The smallest absolute Gasteiger partial charge is 0.258 e. The van der Waals surface area contributed by atoms with Crippen LogP contribution in [0.5, 0.6) is 5.75 Å². The third-order valence-electron chi connectivity index (χ3n) is 5.90. The molecular formula is C22H21ClF2N2O3. The molecule has 2 aromatic rings. The van der Waals surface area contributed by atoms with Crippen molar-refractivity contribution in [3.63, 3.8) is 0 Å². The molecule has 0 radical (unpaired) electrons. The molecule has 0 aromatic heterocycles. The highest BCUT2D eigenvalue weighted by atomic mass is 35.5. The third kappa shape index (κ3) is 4.26. The van der Waals surface area contributed by atoms with Crippen LogP contribution >= 0.6 is 11.6 Å². The summed E-state index contributed by atoms with van der Waals surface area (Å²) in [4.78, 5) is 24.8. The van der Waals surface area contributed by atoms with Gasteiger partial charge in [-0.15, -0.1) is 0 Å². The normalized spacial score (nSPS) is 24.1. The molecule has 0 spiro atoms. The van der Waals surface area contributed by atoms with Crippen molar-refractivity contribution in [2.75, 3.05) is 6.61 Å². The van der Waals surface area contributed by atoms with E-state index in [1.807, 2.05) is 0 Å². The quantitative estimate of drug-likeness (QED) is 0.699. The molecule has 0 aliphatic heterocycles. The van der Waals surface area contributed by atoms with E-state index in [1.54, 1.807) is 18.2 Å². The second-order valence-electron chi connectivity index (χ2n) is 7.98. The number of nitrogens with one attached hydrogen (secondary N) is 2. The molecule has 8 heteroatoms. The van der Waals surface area contributed by atoms with Crippen molar-refractivity contribution >= 4 is 23.4 Å². The Morgan fingerprint density at radius 3 is 2.60 bits per heavy atom. The van der Waals surface area contributed by atoms with Gasteiger partial charge in [-0.05, 0) is 43.4 Å². The zero-order chi connectivity index (χ0) is 21.3. The van der Waals surface area contributed by atoms with Crippen LogP contribution in [0.4, 0.5) is 8.78 Å². The molecule has 2 aromatic carbocycles. The molecule has 2 N–H and O–H groups in total. The SMILES string of the molecule is O=C(COc1ccc(Cl)c(F)c1)NC12CC(C1)[C@H](C(=O)NCc1ccccc1F)C2. The Labute approximate surface area is 177 Å². The fourth-order valence-electron chi connectivity index (χ4n) is 4.45. The first-order chi connectivity index (χ1) is 14.3. The topological polar surface area (TPSA) is 67.4 Å². The van der Waals surface area contributed by atoms with E-state index in [1.165, 1.54) is 18.2 Å². The summed E-state index contributed by atoms with van der Waals surface area (Å²) in [6, 6.07) is 10.3. The predicted molar refractivity (Wildman–Crippen MR) is 107 cm³/mol. The number of hydrogen-bond acceptors (Lipinski definition) is 3. The molecule has 0 unspecified atom stereocenters. The fourth-order valence-corrected chi connectivity index (χ4v) is 4.56. The van der Waals surface area contributed by atoms with Crippen molar-refractivity contribution in [3.8, 4) is 5.75 Å². The summed E-state index contributed by atoms with van der Waals surface area (Å²) in [5, 5.41) is 5.75.